The van der Waals surface area contributed by atoms with Gasteiger partial charge in [-0.3, -0.25) is 9.59 Å². The van der Waals surface area contributed by atoms with E-state index in [0.29, 0.717) is 12.5 Å². The predicted molar refractivity (Wildman–Crippen MR) is 85.4 cm³/mol. The number of unbranched alkanes of at least 4 members (excludes halogenated alkanes) is 2. The second-order valence-electron chi connectivity index (χ2n) is 8.18. The highest BCUT2D eigenvalue weighted by molar-refractivity contribution is 5.85. The summed E-state index contributed by atoms with van der Waals surface area (Å²) in [6.45, 7) is 4.58. The Hall–Kier alpha value is -1.10. The highest BCUT2D eigenvalue weighted by Gasteiger charge is 2.64. The molecule has 5 atom stereocenters. The van der Waals surface area contributed by atoms with Crippen LogP contribution in [-0.4, -0.2) is 56.3 Å². The summed E-state index contributed by atoms with van der Waals surface area (Å²) < 4.78 is 11.8. The van der Waals surface area contributed by atoms with Crippen molar-refractivity contribution >= 4 is 11.9 Å². The average molecular weight is 324 g/mol. The van der Waals surface area contributed by atoms with Gasteiger partial charge in [0.15, 0.2) is 0 Å². The summed E-state index contributed by atoms with van der Waals surface area (Å²) in [5.41, 5.74) is 0. The first-order valence-electron chi connectivity index (χ1n) is 9.12. The van der Waals surface area contributed by atoms with Gasteiger partial charge in [-0.05, 0) is 31.6 Å². The Morgan fingerprint density at radius 1 is 1.26 bits per heavy atom. The van der Waals surface area contributed by atoms with Crippen LogP contribution in [0.2, 0.25) is 0 Å². The molecule has 23 heavy (non-hydrogen) atoms. The van der Waals surface area contributed by atoms with Crippen molar-refractivity contribution < 1.29 is 23.5 Å². The van der Waals surface area contributed by atoms with Crippen molar-refractivity contribution in [3.8, 4) is 0 Å². The van der Waals surface area contributed by atoms with E-state index in [1.807, 2.05) is 0 Å². The molecule has 0 aromatic carbocycles. The molecule has 5 nitrogen and oxygen atoms in total. The van der Waals surface area contributed by atoms with E-state index in [1.54, 1.807) is 0 Å². The van der Waals surface area contributed by atoms with Crippen molar-refractivity contribution in [2.75, 3.05) is 33.8 Å². The molecule has 0 amide bonds. The number of carbonyl (C=O) groups is 2. The summed E-state index contributed by atoms with van der Waals surface area (Å²) in [5, 5.41) is 0. The molecule has 1 saturated heterocycles. The minimum Gasteiger partial charge on any atom is -0.462 e. The van der Waals surface area contributed by atoms with Crippen LogP contribution in [0.3, 0.4) is 0 Å². The van der Waals surface area contributed by atoms with Crippen molar-refractivity contribution in [3.63, 3.8) is 0 Å². The maximum Gasteiger partial charge on any atom is 0.310 e. The Kier molecular flexibility index (Phi) is 4.68. The van der Waals surface area contributed by atoms with Gasteiger partial charge in [-0.1, -0.05) is 13.3 Å². The lowest BCUT2D eigenvalue weighted by atomic mass is 9.80. The molecule has 0 N–H and O–H groups in total. The first-order chi connectivity index (χ1) is 10.9. The van der Waals surface area contributed by atoms with Crippen molar-refractivity contribution in [1.29, 1.82) is 0 Å². The maximum absolute atomic E-state index is 12.5. The molecule has 0 aromatic heterocycles. The summed E-state index contributed by atoms with van der Waals surface area (Å²) in [6, 6.07) is 0. The van der Waals surface area contributed by atoms with E-state index in [4.69, 9.17) is 9.47 Å². The lowest BCUT2D eigenvalue weighted by Gasteiger charge is -2.30. The summed E-state index contributed by atoms with van der Waals surface area (Å²) in [6.07, 6.45) is 5.56. The van der Waals surface area contributed by atoms with Gasteiger partial charge in [-0.2, -0.15) is 0 Å². The van der Waals surface area contributed by atoms with Gasteiger partial charge in [0.1, 0.15) is 19.3 Å². The molecular weight excluding hydrogens is 294 g/mol. The number of hydrogen-bond acceptors (Lipinski definition) is 4. The second-order valence-corrected chi connectivity index (χ2v) is 8.18. The number of ether oxygens (including phenoxy) is 2. The minimum atomic E-state index is -0.248. The highest BCUT2D eigenvalue weighted by atomic mass is 16.6. The molecule has 0 spiro atoms. The third-order valence-electron chi connectivity index (χ3n) is 6.06. The van der Waals surface area contributed by atoms with E-state index in [9.17, 15) is 9.59 Å². The van der Waals surface area contributed by atoms with E-state index in [0.717, 1.165) is 30.4 Å². The highest BCUT2D eigenvalue weighted by Crippen LogP contribution is 2.57. The second kappa shape index (κ2) is 6.42. The van der Waals surface area contributed by atoms with Crippen LogP contribution in [0.4, 0.5) is 0 Å². The van der Waals surface area contributed by atoms with Gasteiger partial charge in [0.05, 0.1) is 32.5 Å². The number of carbonyl (C=O) groups excluding carboxylic acids is 2. The molecule has 5 heteroatoms. The summed E-state index contributed by atoms with van der Waals surface area (Å²) in [4.78, 5) is 24.4. The molecule has 2 bridgehead atoms. The Bertz CT molecular complexity index is 474. The first-order valence-corrected chi connectivity index (χ1v) is 9.12. The SMILES string of the molecule is CCCCC[N+](C)(C)CCOC(=O)[C@@H]1[C@H]2C[C@@H]3[C@@H]1C(=O)O[C@@H]3C2. The van der Waals surface area contributed by atoms with Gasteiger partial charge in [0.25, 0.3) is 0 Å². The average Bonchev–Trinajstić information content (AvgIpc) is 3.08. The van der Waals surface area contributed by atoms with E-state index < -0.39 is 0 Å². The number of hydrogen-bond donors (Lipinski definition) is 0. The zero-order valence-corrected chi connectivity index (χ0v) is 14.6. The fourth-order valence-corrected chi connectivity index (χ4v) is 4.72. The quantitative estimate of drug-likeness (QED) is 0.389. The van der Waals surface area contributed by atoms with Crippen LogP contribution in [-0.2, 0) is 19.1 Å². The Labute approximate surface area is 138 Å². The van der Waals surface area contributed by atoms with Gasteiger partial charge in [0.2, 0.25) is 0 Å². The fraction of sp³-hybridized carbons (Fsp3) is 0.889. The minimum absolute atomic E-state index is 0.0794. The molecule has 0 radical (unpaired) electrons. The van der Waals surface area contributed by atoms with E-state index in [-0.39, 0.29) is 35.8 Å². The van der Waals surface area contributed by atoms with Crippen molar-refractivity contribution in [3.05, 3.63) is 0 Å². The van der Waals surface area contributed by atoms with Gasteiger partial charge in [-0.15, -0.1) is 0 Å². The van der Waals surface area contributed by atoms with Gasteiger partial charge < -0.3 is 14.0 Å². The molecule has 2 aliphatic carbocycles. The third kappa shape index (κ3) is 3.25. The molecule has 1 heterocycles. The first kappa shape index (κ1) is 16.7. The summed E-state index contributed by atoms with van der Waals surface area (Å²) in [7, 11) is 4.36. The van der Waals surface area contributed by atoms with Crippen LogP contribution in [0.1, 0.15) is 39.0 Å². The number of rotatable bonds is 8. The Balaban J connectivity index is 1.46. The maximum atomic E-state index is 12.5. The number of esters is 2. The molecular formula is C18H30NO4+. The lowest BCUT2D eigenvalue weighted by molar-refractivity contribution is -0.890. The molecule has 130 valence electrons. The molecule has 3 rings (SSSR count). The van der Waals surface area contributed by atoms with E-state index in [2.05, 4.69) is 21.0 Å². The normalized spacial score (nSPS) is 34.7. The van der Waals surface area contributed by atoms with Crippen molar-refractivity contribution in [1.82, 2.24) is 0 Å². The zero-order valence-electron chi connectivity index (χ0n) is 14.6. The van der Waals surface area contributed by atoms with Crippen LogP contribution < -0.4 is 0 Å². The van der Waals surface area contributed by atoms with E-state index >= 15 is 0 Å². The van der Waals surface area contributed by atoms with Gasteiger partial charge in [-0.25, -0.2) is 0 Å². The largest absolute Gasteiger partial charge is 0.462 e. The topological polar surface area (TPSA) is 52.6 Å². The van der Waals surface area contributed by atoms with Crippen LogP contribution in [0.15, 0.2) is 0 Å². The zero-order chi connectivity index (χ0) is 16.6. The summed E-state index contributed by atoms with van der Waals surface area (Å²) in [5.74, 6) is -0.251. The van der Waals surface area contributed by atoms with Crippen LogP contribution >= 0.6 is 0 Å². The standard InChI is InChI=1S/C18H30NO4/c1-4-5-6-7-19(2,3)8-9-22-17(20)15-12-10-13-14(11-12)23-18(21)16(13)15/h12-16H,4-11H2,1-3H3/q+1/t12-,13-,14+,15+,16-/m0/s1. The smallest absolute Gasteiger partial charge is 0.310 e. The monoisotopic (exact) mass is 324 g/mol. The molecule has 0 aromatic rings. The molecule has 1 aliphatic heterocycles. The van der Waals surface area contributed by atoms with Crippen LogP contribution in [0.25, 0.3) is 0 Å². The predicted octanol–water partition coefficient (Wildman–Crippen LogP) is 1.99. The van der Waals surface area contributed by atoms with Crippen molar-refractivity contribution in [2.45, 2.75) is 45.1 Å². The molecule has 2 saturated carbocycles. The Morgan fingerprint density at radius 3 is 2.78 bits per heavy atom. The molecule has 3 aliphatic rings. The van der Waals surface area contributed by atoms with E-state index in [1.165, 1.54) is 19.3 Å². The fourth-order valence-electron chi connectivity index (χ4n) is 4.72. The van der Waals surface area contributed by atoms with Crippen LogP contribution in [0, 0.1) is 23.7 Å². The summed E-state index contributed by atoms with van der Waals surface area (Å²) >= 11 is 0. The van der Waals surface area contributed by atoms with Crippen molar-refractivity contribution in [2.24, 2.45) is 23.7 Å². The van der Waals surface area contributed by atoms with Crippen LogP contribution in [0.5, 0.6) is 0 Å². The Morgan fingerprint density at radius 2 is 2.04 bits per heavy atom. The number of likely N-dealkylation sites (N-methyl/N-ethyl adjacent to an activating group) is 1. The third-order valence-corrected chi connectivity index (χ3v) is 6.06. The van der Waals surface area contributed by atoms with Gasteiger partial charge in [0, 0.05) is 5.92 Å². The number of quaternary nitrogens is 1. The molecule has 0 unspecified atom stereocenters. The number of fused-ring (bicyclic) bond motifs is 1. The number of nitrogens with zero attached hydrogens (tertiary/aromatic N) is 1. The lowest BCUT2D eigenvalue weighted by Crippen LogP contribution is -2.44. The molecule has 3 fully saturated rings. The van der Waals surface area contributed by atoms with Gasteiger partial charge >= 0.3 is 11.9 Å².